The number of aliphatic carboxylic acids is 2. The Labute approximate surface area is 541 Å². The number of carbonyl (C=O) groups excluding carboxylic acids is 3. The fourth-order valence-electron chi connectivity index (χ4n) is 10.1. The van der Waals surface area contributed by atoms with Gasteiger partial charge in [0, 0.05) is 23.8 Å². The average molecular weight is 1380 g/mol. The number of phenols is 6. The van der Waals surface area contributed by atoms with Gasteiger partial charge in [-0.1, -0.05) is 12.1 Å². The van der Waals surface area contributed by atoms with E-state index in [9.17, 15) is 126 Å². The topological polar surface area (TPSA) is 606 Å². The molecule has 6 aliphatic rings. The summed E-state index contributed by atoms with van der Waals surface area (Å²) in [4.78, 5) is 74.1. The van der Waals surface area contributed by atoms with Crippen LogP contribution in [0.1, 0.15) is 17.5 Å². The number of benzene rings is 4. The molecule has 0 unspecified atom stereocenters. The standard InChI is InChI=1S/C60H62O37/c61-17-34-42(74)47(79)54(95-39(71)8-4-21-2-6-26(63)29(66)10-21)60(92-34)97-55-48(80)44(76)36(19-87-40(72)16-37(68)69)94-59(55)91-33-15-24-27(64)13-23(88-57-50(82)45(77)43(75)35(93-57)18-86-38(70)7-3-20-1-5-25(62)28(65)9-20)14-31(24)89-52(33)22-11-30(67)41(73)32(12-22)90-58-51(83)46(78)49(81)53(96-58)56(84)85/h1-15,34-36,42-51,53-55,57-63,65-67,73-83H,16-19H2,(H,68,69)(H,84,85)/p+1/t34-,35-,36+,42+,43+,44-,45-,46-,47-,48-,49-,50+,51+,53-,54+,55+,57+,58+,59+,60-/m0/s1. The van der Waals surface area contributed by atoms with Crippen LogP contribution in [-0.2, 0) is 57.1 Å². The van der Waals surface area contributed by atoms with Gasteiger partial charge in [0.25, 0.3) is 0 Å². The molecule has 1 aliphatic carbocycles. The molecule has 0 spiro atoms. The van der Waals surface area contributed by atoms with E-state index in [2.05, 4.69) is 0 Å². The molecule has 3 aromatic carbocycles. The second-order valence-electron chi connectivity index (χ2n) is 22.0. The third-order valence-corrected chi connectivity index (χ3v) is 15.3. The van der Waals surface area contributed by atoms with Crippen LogP contribution in [0.3, 0.4) is 0 Å². The van der Waals surface area contributed by atoms with Crippen LogP contribution in [0.15, 0.2) is 88.1 Å². The second kappa shape index (κ2) is 30.3. The van der Waals surface area contributed by atoms with E-state index in [1.165, 1.54) is 18.2 Å². The van der Waals surface area contributed by atoms with Crippen molar-refractivity contribution in [2.45, 2.75) is 129 Å². The summed E-state index contributed by atoms with van der Waals surface area (Å²) < 4.78 is 68.3. The number of carboxylic acids is 2. The summed E-state index contributed by atoms with van der Waals surface area (Å²) in [6.45, 7) is -2.92. The number of hydrogen-bond donors (Lipinski definition) is 19. The van der Waals surface area contributed by atoms with E-state index in [0.29, 0.717) is 6.07 Å². The molecule has 20 atom stereocenters. The highest BCUT2D eigenvalue weighted by atomic mass is 16.8. The zero-order valence-corrected chi connectivity index (χ0v) is 49.4. The number of aliphatic hydroxyl groups is 11. The van der Waals surface area contributed by atoms with Crippen LogP contribution in [-0.4, -0.2) is 274 Å². The molecular formula is C60H63O37+. The van der Waals surface area contributed by atoms with Gasteiger partial charge >= 0.3 is 29.8 Å². The zero-order valence-electron chi connectivity index (χ0n) is 49.4. The molecule has 0 saturated carbocycles. The van der Waals surface area contributed by atoms with Crippen molar-refractivity contribution >= 4 is 42.0 Å². The lowest BCUT2D eigenvalue weighted by Crippen LogP contribution is -2.65. The Morgan fingerprint density at radius 1 is 0.526 bits per heavy atom. The van der Waals surface area contributed by atoms with Crippen LogP contribution in [0.25, 0.3) is 34.8 Å². The SMILES string of the molecule is O=C(O)CC(=O)OC[C@H]1O[C@@H](Oc2cc3c(=O)cc(O[C@@H]4O[C@@H](COC(=[OH+])C=Cc5ccc(O)c(O)c5)[C@@H](O)[C@H](O)[C@H]4O)cc-3oc2-c2cc(O)c(O)c(O[C@@H]3O[C@H](C(=O)O)[C@@H](O)[C@H](O)[C@H]3O)c2)[C@H](O[C@@H]2O[C@@H](CO)[C@@H](O)[C@H](O)[C@H]2OC(=O)C=Cc2ccc(O)c(O)c2)[C@@H](O)[C@H]1O. The summed E-state index contributed by atoms with van der Waals surface area (Å²) in [7, 11) is 0. The van der Waals surface area contributed by atoms with Gasteiger partial charge in [0.15, 0.2) is 82.1 Å². The normalized spacial score (nSPS) is 30.5. The summed E-state index contributed by atoms with van der Waals surface area (Å²) in [5.41, 5.74) is -1.77. The fraction of sp³-hybridized carbons (Fsp3) is 0.400. The first kappa shape index (κ1) is 71.8. The Hall–Kier alpha value is -9.52. The fourth-order valence-corrected chi connectivity index (χ4v) is 10.1. The van der Waals surface area contributed by atoms with E-state index in [4.69, 9.17) is 56.5 Å². The Morgan fingerprint density at radius 2 is 1.08 bits per heavy atom. The molecule has 20 N–H and O–H groups in total. The van der Waals surface area contributed by atoms with Crippen LogP contribution in [0.5, 0.6) is 51.7 Å². The van der Waals surface area contributed by atoms with Gasteiger partial charge in [-0.05, 0) is 65.7 Å². The lowest BCUT2D eigenvalue weighted by atomic mass is 9.97. The monoisotopic (exact) mass is 1380 g/mol. The van der Waals surface area contributed by atoms with Gasteiger partial charge in [-0.25, -0.2) is 9.59 Å². The Bertz CT molecular complexity index is 3780. The predicted molar refractivity (Wildman–Crippen MR) is 310 cm³/mol. The van der Waals surface area contributed by atoms with Crippen molar-refractivity contribution in [3.05, 3.63) is 100 Å². The van der Waals surface area contributed by atoms with Crippen LogP contribution < -0.4 is 19.6 Å². The number of aliphatic hydroxyl groups excluding tert-OH is 11. The molecule has 0 bridgehead atoms. The summed E-state index contributed by atoms with van der Waals surface area (Å²) in [6, 6.07) is 11.1. The molecular weight excluding hydrogens is 1310 g/mol. The van der Waals surface area contributed by atoms with Crippen molar-refractivity contribution in [2.75, 3.05) is 19.8 Å². The number of phenolic OH excluding ortho intramolecular Hbond substituents is 6. The number of hydrogen-bond acceptors (Lipinski definition) is 34. The van der Waals surface area contributed by atoms with Crippen LogP contribution >= 0.6 is 0 Å². The molecule has 5 heterocycles. The van der Waals surface area contributed by atoms with Gasteiger partial charge in [-0.15, -0.1) is 0 Å². The highest BCUT2D eigenvalue weighted by Crippen LogP contribution is 2.47. The summed E-state index contributed by atoms with van der Waals surface area (Å²) in [6.07, 6.45) is -40.2. The van der Waals surface area contributed by atoms with E-state index in [0.717, 1.165) is 66.8 Å². The average Bonchev–Trinajstić information content (AvgIpc) is 0.766. The second-order valence-corrected chi connectivity index (χ2v) is 22.0. The highest BCUT2D eigenvalue weighted by molar-refractivity contribution is 5.90. The first-order valence-corrected chi connectivity index (χ1v) is 28.7. The molecule has 9 rings (SSSR count). The zero-order chi connectivity index (χ0) is 70.6. The largest absolute Gasteiger partial charge is 0.510 e. The van der Waals surface area contributed by atoms with Crippen molar-refractivity contribution < 1.29 is 178 Å². The minimum atomic E-state index is -2.42. The van der Waals surface area contributed by atoms with Crippen molar-refractivity contribution in [3.8, 4) is 74.4 Å². The maximum Gasteiger partial charge on any atom is 0.510 e. The number of fused-ring (bicyclic) bond motifs is 1. The Morgan fingerprint density at radius 3 is 1.70 bits per heavy atom. The van der Waals surface area contributed by atoms with Gasteiger partial charge in [0.2, 0.25) is 31.2 Å². The maximum atomic E-state index is 14.3. The minimum Gasteiger partial charge on any atom is -0.504 e. The minimum absolute atomic E-state index is 0.115. The van der Waals surface area contributed by atoms with Crippen LogP contribution in [0.4, 0.5) is 0 Å². The third kappa shape index (κ3) is 16.3. The molecule has 0 aromatic heterocycles. The van der Waals surface area contributed by atoms with Crippen molar-refractivity contribution in [3.63, 3.8) is 0 Å². The van der Waals surface area contributed by atoms with Crippen molar-refractivity contribution in [1.29, 1.82) is 0 Å². The lowest BCUT2D eigenvalue weighted by molar-refractivity contribution is -0.358. The number of esters is 3. The van der Waals surface area contributed by atoms with Gasteiger partial charge in [-0.3, -0.25) is 14.4 Å². The van der Waals surface area contributed by atoms with E-state index < -0.39 is 259 Å². The molecule has 37 nitrogen and oxygen atoms in total. The predicted octanol–water partition coefficient (Wildman–Crippen LogP) is -4.37. The molecule has 97 heavy (non-hydrogen) atoms. The molecule has 0 radical (unpaired) electrons. The van der Waals surface area contributed by atoms with Gasteiger partial charge in [0.1, 0.15) is 97.8 Å². The van der Waals surface area contributed by atoms with Crippen LogP contribution in [0, 0.1) is 0 Å². The molecule has 37 heteroatoms. The maximum absolute atomic E-state index is 14.3. The quantitative estimate of drug-likeness (QED) is 0.00777. The number of carboxylic acid groups (broad SMARTS) is 2. The Kier molecular flexibility index (Phi) is 22.4. The smallest absolute Gasteiger partial charge is 0.504 e. The van der Waals surface area contributed by atoms with E-state index in [1.54, 1.807) is 0 Å². The number of aromatic hydroxyl groups is 6. The molecule has 0 amide bonds. The van der Waals surface area contributed by atoms with E-state index in [1.807, 2.05) is 0 Å². The number of carbonyl (C=O) groups is 4. The molecule has 3 aromatic rings. The third-order valence-electron chi connectivity index (χ3n) is 15.3. The van der Waals surface area contributed by atoms with Crippen LogP contribution in [0.2, 0.25) is 0 Å². The van der Waals surface area contributed by atoms with E-state index >= 15 is 0 Å². The highest BCUT2D eigenvalue weighted by Gasteiger charge is 2.54. The first-order valence-electron chi connectivity index (χ1n) is 28.7. The number of rotatable bonds is 22. The van der Waals surface area contributed by atoms with Gasteiger partial charge in [-0.2, -0.15) is 0 Å². The first-order chi connectivity index (χ1) is 45.9. The summed E-state index contributed by atoms with van der Waals surface area (Å²) in [5, 5.41) is 201. The number of ether oxygens (including phenoxy) is 11. The summed E-state index contributed by atoms with van der Waals surface area (Å²) in [5.74, 6) is -15.1. The molecule has 5 aliphatic heterocycles. The molecule has 524 valence electrons. The van der Waals surface area contributed by atoms with Crippen molar-refractivity contribution in [1.82, 2.24) is 0 Å². The van der Waals surface area contributed by atoms with Gasteiger partial charge in [0.05, 0.1) is 18.2 Å². The molecule has 4 fully saturated rings. The lowest BCUT2D eigenvalue weighted by Gasteiger charge is -2.46. The summed E-state index contributed by atoms with van der Waals surface area (Å²) >= 11 is 0. The van der Waals surface area contributed by atoms with Crippen molar-refractivity contribution in [2.24, 2.45) is 0 Å². The molecule has 4 saturated heterocycles. The van der Waals surface area contributed by atoms with E-state index in [-0.39, 0.29) is 11.1 Å². The van der Waals surface area contributed by atoms with Gasteiger partial charge < -0.3 is 158 Å². The Balaban J connectivity index is 1.10.